The van der Waals surface area contributed by atoms with E-state index in [0.717, 1.165) is 13.1 Å². The number of nitrogens with one attached hydrogen (secondary N) is 1. The van der Waals surface area contributed by atoms with Crippen molar-refractivity contribution < 1.29 is 9.53 Å². The first-order valence-electron chi connectivity index (χ1n) is 5.74. The second kappa shape index (κ2) is 4.21. The first kappa shape index (κ1) is 13.2. The summed E-state index contributed by atoms with van der Waals surface area (Å²) in [5.41, 5.74) is 0.366. The van der Waals surface area contributed by atoms with Gasteiger partial charge in [0.2, 0.25) is 0 Å². The second-order valence-corrected chi connectivity index (χ2v) is 6.15. The highest BCUT2D eigenvalue weighted by Crippen LogP contribution is 2.39. The van der Waals surface area contributed by atoms with Crippen LogP contribution in [0.2, 0.25) is 0 Å². The molecule has 0 atom stereocenters. The highest BCUT2D eigenvalue weighted by atomic mass is 16.5. The number of carbonyl (C=O) groups excluding carboxylic acids is 1. The molecule has 16 heavy (non-hydrogen) atoms. The minimum atomic E-state index is -0.284. The number of hydrogen-bond acceptors (Lipinski definition) is 3. The zero-order valence-corrected chi connectivity index (χ0v) is 11.0. The minimum absolute atomic E-state index is 0.0487. The number of carbonyl (C=O) groups is 1. The van der Waals surface area contributed by atoms with Crippen molar-refractivity contribution in [2.45, 2.75) is 40.7 Å². The molecule has 0 aliphatic carbocycles. The van der Waals surface area contributed by atoms with Gasteiger partial charge in [-0.05, 0) is 6.92 Å². The number of ether oxygens (including phenoxy) is 1. The maximum atomic E-state index is 11.6. The van der Waals surface area contributed by atoms with Gasteiger partial charge in [-0.3, -0.25) is 0 Å². The summed E-state index contributed by atoms with van der Waals surface area (Å²) in [7, 11) is 0. The van der Waals surface area contributed by atoms with Crippen LogP contribution in [0.3, 0.4) is 0 Å². The van der Waals surface area contributed by atoms with E-state index in [2.05, 4.69) is 39.6 Å². The van der Waals surface area contributed by atoms with Crippen molar-refractivity contribution in [2.75, 3.05) is 13.1 Å². The van der Waals surface area contributed by atoms with Crippen LogP contribution in [-0.4, -0.2) is 25.2 Å². The van der Waals surface area contributed by atoms with Crippen molar-refractivity contribution in [2.24, 2.45) is 10.8 Å². The Bertz CT molecular complexity index is 289. The van der Waals surface area contributed by atoms with Crippen LogP contribution in [-0.2, 0) is 9.53 Å². The molecule has 0 aromatic rings. The molecule has 0 amide bonds. The Morgan fingerprint density at radius 3 is 2.06 bits per heavy atom. The molecule has 1 aliphatic rings. The lowest BCUT2D eigenvalue weighted by molar-refractivity contribution is -0.164. The van der Waals surface area contributed by atoms with Crippen LogP contribution in [0, 0.1) is 10.8 Å². The summed E-state index contributed by atoms with van der Waals surface area (Å²) in [6.45, 7) is 15.5. The smallest absolute Gasteiger partial charge is 0.333 e. The highest BCUT2D eigenvalue weighted by molar-refractivity contribution is 5.87. The second-order valence-electron chi connectivity index (χ2n) is 6.15. The van der Waals surface area contributed by atoms with Crippen LogP contribution in [0.1, 0.15) is 34.6 Å². The molecule has 0 saturated carbocycles. The molecule has 1 N–H and O–H groups in total. The normalized spacial score (nSPS) is 23.8. The van der Waals surface area contributed by atoms with E-state index in [1.54, 1.807) is 6.92 Å². The summed E-state index contributed by atoms with van der Waals surface area (Å²) in [5.74, 6) is -0.284. The Hall–Kier alpha value is -0.830. The van der Waals surface area contributed by atoms with Crippen LogP contribution in [0.25, 0.3) is 0 Å². The molecule has 3 heteroatoms. The van der Waals surface area contributed by atoms with Gasteiger partial charge in [0.1, 0.15) is 6.10 Å². The molecule has 1 rings (SSSR count). The molecular formula is C13H23NO2. The molecule has 1 fully saturated rings. The quantitative estimate of drug-likeness (QED) is 0.578. The van der Waals surface area contributed by atoms with E-state index in [-0.39, 0.29) is 22.9 Å². The third-order valence-corrected chi connectivity index (χ3v) is 3.15. The molecular weight excluding hydrogens is 202 g/mol. The van der Waals surface area contributed by atoms with Gasteiger partial charge in [0.15, 0.2) is 0 Å². The highest BCUT2D eigenvalue weighted by Gasteiger charge is 2.46. The van der Waals surface area contributed by atoms with E-state index in [9.17, 15) is 4.79 Å². The Morgan fingerprint density at radius 2 is 1.69 bits per heavy atom. The van der Waals surface area contributed by atoms with E-state index in [1.165, 1.54) is 0 Å². The lowest BCUT2D eigenvalue weighted by Gasteiger charge is -2.48. The van der Waals surface area contributed by atoms with E-state index in [4.69, 9.17) is 4.74 Å². The molecule has 0 radical (unpaired) electrons. The zero-order chi connectivity index (χ0) is 12.6. The van der Waals surface area contributed by atoms with Crippen LogP contribution < -0.4 is 5.32 Å². The molecule has 1 aliphatic heterocycles. The maximum absolute atomic E-state index is 11.6. The Kier molecular flexibility index (Phi) is 3.48. The lowest BCUT2D eigenvalue weighted by Crippen LogP contribution is -2.58. The average Bonchev–Trinajstić information content (AvgIpc) is 2.10. The van der Waals surface area contributed by atoms with E-state index < -0.39 is 0 Å². The Balaban J connectivity index is 2.87. The molecule has 1 heterocycles. The van der Waals surface area contributed by atoms with Gasteiger partial charge in [-0.25, -0.2) is 4.79 Å². The van der Waals surface area contributed by atoms with Crippen molar-refractivity contribution >= 4 is 5.97 Å². The lowest BCUT2D eigenvalue weighted by atomic mass is 9.69. The first-order chi connectivity index (χ1) is 7.17. The van der Waals surface area contributed by atoms with E-state index >= 15 is 0 Å². The summed E-state index contributed by atoms with van der Waals surface area (Å²) in [4.78, 5) is 11.6. The summed E-state index contributed by atoms with van der Waals surface area (Å²) in [6, 6.07) is 0. The van der Waals surface area contributed by atoms with Crippen LogP contribution in [0.15, 0.2) is 12.2 Å². The SMILES string of the molecule is C=C(C)C(=O)OC1C(C)(C)CNCC1(C)C. The van der Waals surface area contributed by atoms with Crippen molar-refractivity contribution in [3.05, 3.63) is 12.2 Å². The standard InChI is InChI=1S/C13H23NO2/c1-9(2)10(15)16-11-12(3,4)7-14-8-13(11,5)6/h11,14H,1,7-8H2,2-6H3. The summed E-state index contributed by atoms with van der Waals surface area (Å²) in [6.07, 6.45) is -0.0783. The molecule has 92 valence electrons. The molecule has 0 aromatic heterocycles. The van der Waals surface area contributed by atoms with Gasteiger partial charge in [0.25, 0.3) is 0 Å². The Morgan fingerprint density at radius 1 is 1.25 bits per heavy atom. The third-order valence-electron chi connectivity index (χ3n) is 3.15. The predicted molar refractivity (Wildman–Crippen MR) is 65.1 cm³/mol. The molecule has 0 unspecified atom stereocenters. The van der Waals surface area contributed by atoms with Gasteiger partial charge < -0.3 is 10.1 Å². The fourth-order valence-corrected chi connectivity index (χ4v) is 2.48. The third kappa shape index (κ3) is 2.64. The van der Waals surface area contributed by atoms with Crippen LogP contribution >= 0.6 is 0 Å². The van der Waals surface area contributed by atoms with Gasteiger partial charge in [-0.2, -0.15) is 0 Å². The summed E-state index contributed by atoms with van der Waals surface area (Å²) < 4.78 is 5.60. The molecule has 1 saturated heterocycles. The molecule has 0 spiro atoms. The predicted octanol–water partition coefficient (Wildman–Crippen LogP) is 2.13. The van der Waals surface area contributed by atoms with Gasteiger partial charge in [0, 0.05) is 29.5 Å². The van der Waals surface area contributed by atoms with Crippen molar-refractivity contribution in [1.82, 2.24) is 5.32 Å². The Labute approximate surface area is 98.2 Å². The van der Waals surface area contributed by atoms with Gasteiger partial charge in [-0.15, -0.1) is 0 Å². The molecule has 0 bridgehead atoms. The molecule has 0 aromatic carbocycles. The first-order valence-corrected chi connectivity index (χ1v) is 5.74. The van der Waals surface area contributed by atoms with Gasteiger partial charge >= 0.3 is 5.97 Å². The van der Waals surface area contributed by atoms with E-state index in [1.807, 2.05) is 0 Å². The number of piperidine rings is 1. The number of rotatable bonds is 2. The van der Waals surface area contributed by atoms with Crippen LogP contribution in [0.4, 0.5) is 0 Å². The average molecular weight is 225 g/mol. The summed E-state index contributed by atoms with van der Waals surface area (Å²) >= 11 is 0. The van der Waals surface area contributed by atoms with Gasteiger partial charge in [-0.1, -0.05) is 34.3 Å². The largest absolute Gasteiger partial charge is 0.458 e. The monoisotopic (exact) mass is 225 g/mol. The minimum Gasteiger partial charge on any atom is -0.458 e. The summed E-state index contributed by atoms with van der Waals surface area (Å²) in [5, 5.41) is 3.38. The topological polar surface area (TPSA) is 38.3 Å². The number of hydrogen-bond donors (Lipinski definition) is 1. The maximum Gasteiger partial charge on any atom is 0.333 e. The number of esters is 1. The van der Waals surface area contributed by atoms with Gasteiger partial charge in [0.05, 0.1) is 0 Å². The van der Waals surface area contributed by atoms with Crippen molar-refractivity contribution in [3.8, 4) is 0 Å². The van der Waals surface area contributed by atoms with Crippen molar-refractivity contribution in [3.63, 3.8) is 0 Å². The fraction of sp³-hybridized carbons (Fsp3) is 0.769. The fourth-order valence-electron chi connectivity index (χ4n) is 2.48. The van der Waals surface area contributed by atoms with Crippen molar-refractivity contribution in [1.29, 1.82) is 0 Å². The van der Waals surface area contributed by atoms with E-state index in [0.29, 0.717) is 5.57 Å². The van der Waals surface area contributed by atoms with Crippen LogP contribution in [0.5, 0.6) is 0 Å². The zero-order valence-electron chi connectivity index (χ0n) is 11.0. The molecule has 3 nitrogen and oxygen atoms in total.